The van der Waals surface area contributed by atoms with Gasteiger partial charge in [-0.3, -0.25) is 4.68 Å². The number of aromatic nitrogens is 4. The summed E-state index contributed by atoms with van der Waals surface area (Å²) in [4.78, 5) is 4.44. The molecule has 2 heterocycles. The Balaban J connectivity index is 2.16. The van der Waals surface area contributed by atoms with Crippen LogP contribution in [0.2, 0.25) is 0 Å². The van der Waals surface area contributed by atoms with Crippen molar-refractivity contribution >= 4 is 0 Å². The molecule has 20 heavy (non-hydrogen) atoms. The lowest BCUT2D eigenvalue weighted by molar-refractivity contribution is 0.541. The first-order chi connectivity index (χ1) is 9.69. The third-order valence-electron chi connectivity index (χ3n) is 3.57. The lowest BCUT2D eigenvalue weighted by Gasteiger charge is -2.14. The molecule has 0 aliphatic heterocycles. The van der Waals surface area contributed by atoms with Crippen LogP contribution >= 0.6 is 0 Å². The van der Waals surface area contributed by atoms with Crippen LogP contribution in [0.3, 0.4) is 0 Å². The number of hydrogen-bond acceptors (Lipinski definition) is 3. The van der Waals surface area contributed by atoms with Gasteiger partial charge in [0.25, 0.3) is 0 Å². The van der Waals surface area contributed by atoms with Crippen molar-refractivity contribution in [2.45, 2.75) is 59.2 Å². The zero-order valence-corrected chi connectivity index (χ0v) is 12.7. The molecule has 0 aliphatic rings. The van der Waals surface area contributed by atoms with E-state index in [2.05, 4.69) is 41.5 Å². The molecule has 5 heteroatoms. The summed E-state index contributed by atoms with van der Waals surface area (Å²) in [5.74, 6) is 1.06. The second-order valence-corrected chi connectivity index (χ2v) is 5.08. The van der Waals surface area contributed by atoms with Crippen LogP contribution in [0.4, 0.5) is 0 Å². The summed E-state index contributed by atoms with van der Waals surface area (Å²) in [6, 6.07) is 2.07. The van der Waals surface area contributed by atoms with E-state index in [1.54, 1.807) is 0 Å². The molecule has 0 aliphatic carbocycles. The Labute approximate surface area is 120 Å². The molecule has 1 atom stereocenters. The fourth-order valence-electron chi connectivity index (χ4n) is 2.49. The van der Waals surface area contributed by atoms with E-state index >= 15 is 0 Å². The van der Waals surface area contributed by atoms with E-state index in [1.807, 2.05) is 17.1 Å². The van der Waals surface area contributed by atoms with Crippen LogP contribution in [0.15, 0.2) is 18.5 Å². The van der Waals surface area contributed by atoms with Crippen molar-refractivity contribution in [2.75, 3.05) is 0 Å². The first-order valence-corrected chi connectivity index (χ1v) is 7.51. The van der Waals surface area contributed by atoms with Gasteiger partial charge < -0.3 is 10.3 Å². The van der Waals surface area contributed by atoms with Gasteiger partial charge in [0.1, 0.15) is 5.82 Å². The van der Waals surface area contributed by atoms with Gasteiger partial charge in [-0.15, -0.1) is 0 Å². The molecule has 0 saturated heterocycles. The number of nitrogens with two attached hydrogens (primary N) is 1. The summed E-state index contributed by atoms with van der Waals surface area (Å²) in [6.45, 7) is 8.23. The molecule has 5 nitrogen and oxygen atoms in total. The van der Waals surface area contributed by atoms with Crippen molar-refractivity contribution in [2.24, 2.45) is 5.73 Å². The van der Waals surface area contributed by atoms with Crippen LogP contribution in [0.1, 0.15) is 50.4 Å². The molecular formula is C15H25N5. The fraction of sp³-hybridized carbons (Fsp3) is 0.600. The maximum Gasteiger partial charge on any atom is 0.110 e. The topological polar surface area (TPSA) is 61.7 Å². The third kappa shape index (κ3) is 3.10. The molecule has 110 valence electrons. The van der Waals surface area contributed by atoms with Gasteiger partial charge in [-0.25, -0.2) is 4.98 Å². The quantitative estimate of drug-likeness (QED) is 0.843. The van der Waals surface area contributed by atoms with Gasteiger partial charge in [-0.05, 0) is 25.8 Å². The summed E-state index contributed by atoms with van der Waals surface area (Å²) in [5.41, 5.74) is 8.59. The molecule has 0 amide bonds. The van der Waals surface area contributed by atoms with Crippen molar-refractivity contribution in [3.05, 3.63) is 35.7 Å². The van der Waals surface area contributed by atoms with Crippen LogP contribution in [-0.4, -0.2) is 19.3 Å². The van der Waals surface area contributed by atoms with Gasteiger partial charge >= 0.3 is 0 Å². The highest BCUT2D eigenvalue weighted by Crippen LogP contribution is 2.17. The molecule has 0 bridgehead atoms. The van der Waals surface area contributed by atoms with Crippen molar-refractivity contribution < 1.29 is 0 Å². The van der Waals surface area contributed by atoms with E-state index in [4.69, 9.17) is 5.73 Å². The van der Waals surface area contributed by atoms with E-state index in [9.17, 15) is 0 Å². The van der Waals surface area contributed by atoms with Crippen LogP contribution in [0.5, 0.6) is 0 Å². The Kier molecular flexibility index (Phi) is 4.95. The predicted molar refractivity (Wildman–Crippen MR) is 80.4 cm³/mol. The molecule has 2 N–H and O–H groups in total. The van der Waals surface area contributed by atoms with E-state index in [0.717, 1.165) is 49.6 Å². The van der Waals surface area contributed by atoms with Crippen molar-refractivity contribution in [3.63, 3.8) is 0 Å². The minimum absolute atomic E-state index is 0.0549. The van der Waals surface area contributed by atoms with Gasteiger partial charge in [0.2, 0.25) is 0 Å². The number of imidazole rings is 1. The van der Waals surface area contributed by atoms with Gasteiger partial charge in [0.05, 0.1) is 17.4 Å². The van der Waals surface area contributed by atoms with Crippen LogP contribution in [0.25, 0.3) is 0 Å². The molecule has 0 fully saturated rings. The molecular weight excluding hydrogens is 250 g/mol. The standard InChI is InChI=1S/C15H25N5/c1-4-8-19-9-7-17-15(19)11-13(16)14-10-12(5-2)18-20(14)6-3/h7,9-10,13H,4-6,8,11,16H2,1-3H3. The first kappa shape index (κ1) is 14.8. The molecule has 0 saturated carbocycles. The summed E-state index contributed by atoms with van der Waals surface area (Å²) in [5, 5.41) is 4.57. The zero-order valence-electron chi connectivity index (χ0n) is 12.7. The lowest BCUT2D eigenvalue weighted by atomic mass is 10.1. The fourth-order valence-corrected chi connectivity index (χ4v) is 2.49. The zero-order chi connectivity index (χ0) is 14.5. The van der Waals surface area contributed by atoms with Gasteiger partial charge in [-0.2, -0.15) is 5.10 Å². The monoisotopic (exact) mass is 275 g/mol. The van der Waals surface area contributed by atoms with E-state index in [-0.39, 0.29) is 6.04 Å². The smallest absolute Gasteiger partial charge is 0.110 e. The Morgan fingerprint density at radius 1 is 1.30 bits per heavy atom. The van der Waals surface area contributed by atoms with Gasteiger partial charge in [0, 0.05) is 31.9 Å². The number of aryl methyl sites for hydroxylation is 3. The molecule has 2 rings (SSSR count). The third-order valence-corrected chi connectivity index (χ3v) is 3.57. The molecule has 1 unspecified atom stereocenters. The van der Waals surface area contributed by atoms with Crippen molar-refractivity contribution in [1.29, 1.82) is 0 Å². The Hall–Kier alpha value is -1.62. The van der Waals surface area contributed by atoms with Crippen LogP contribution in [0, 0.1) is 0 Å². The minimum atomic E-state index is -0.0549. The lowest BCUT2D eigenvalue weighted by Crippen LogP contribution is -2.20. The Morgan fingerprint density at radius 2 is 2.10 bits per heavy atom. The SMILES string of the molecule is CCCn1ccnc1CC(N)c1cc(CC)nn1CC. The minimum Gasteiger partial charge on any atom is -0.335 e. The second-order valence-electron chi connectivity index (χ2n) is 5.08. The number of hydrogen-bond donors (Lipinski definition) is 1. The highest BCUT2D eigenvalue weighted by molar-refractivity contribution is 5.16. The average molecular weight is 275 g/mol. The van der Waals surface area contributed by atoms with Gasteiger partial charge in [-0.1, -0.05) is 13.8 Å². The largest absolute Gasteiger partial charge is 0.335 e. The summed E-state index contributed by atoms with van der Waals surface area (Å²) in [7, 11) is 0. The summed E-state index contributed by atoms with van der Waals surface area (Å²) >= 11 is 0. The number of rotatable bonds is 7. The molecule has 0 spiro atoms. The van der Waals surface area contributed by atoms with Crippen LogP contribution in [-0.2, 0) is 25.9 Å². The second kappa shape index (κ2) is 6.70. The maximum atomic E-state index is 6.38. The Morgan fingerprint density at radius 3 is 2.75 bits per heavy atom. The highest BCUT2D eigenvalue weighted by Gasteiger charge is 2.16. The maximum absolute atomic E-state index is 6.38. The van der Waals surface area contributed by atoms with Crippen molar-refractivity contribution in [3.8, 4) is 0 Å². The molecule has 0 radical (unpaired) electrons. The normalized spacial score (nSPS) is 12.8. The summed E-state index contributed by atoms with van der Waals surface area (Å²) in [6.07, 6.45) is 6.68. The molecule has 2 aromatic heterocycles. The van der Waals surface area contributed by atoms with Crippen LogP contribution < -0.4 is 5.73 Å². The van der Waals surface area contributed by atoms with E-state index in [0.29, 0.717) is 0 Å². The average Bonchev–Trinajstić information content (AvgIpc) is 3.06. The van der Waals surface area contributed by atoms with Crippen molar-refractivity contribution in [1.82, 2.24) is 19.3 Å². The van der Waals surface area contributed by atoms with E-state index < -0.39 is 0 Å². The number of nitrogens with zero attached hydrogens (tertiary/aromatic N) is 4. The molecule has 0 aromatic carbocycles. The predicted octanol–water partition coefficient (Wildman–Crippen LogP) is 2.31. The Bertz CT molecular complexity index is 540. The van der Waals surface area contributed by atoms with Gasteiger partial charge in [0.15, 0.2) is 0 Å². The first-order valence-electron chi connectivity index (χ1n) is 7.51. The highest BCUT2D eigenvalue weighted by atomic mass is 15.3. The van der Waals surface area contributed by atoms with E-state index in [1.165, 1.54) is 0 Å². The summed E-state index contributed by atoms with van der Waals surface area (Å²) < 4.78 is 4.20. The molecule has 2 aromatic rings.